The number of nitrogens with zero attached hydrogens (tertiary/aromatic N) is 2. The fourth-order valence-electron chi connectivity index (χ4n) is 2.75. The highest BCUT2D eigenvalue weighted by atomic mass is 16.5. The third kappa shape index (κ3) is 4.29. The molecule has 0 spiro atoms. The van der Waals surface area contributed by atoms with Gasteiger partial charge in [0.15, 0.2) is 5.69 Å². The van der Waals surface area contributed by atoms with Crippen molar-refractivity contribution < 1.29 is 19.1 Å². The molecule has 0 aliphatic heterocycles. The van der Waals surface area contributed by atoms with E-state index in [2.05, 4.69) is 15.6 Å². The van der Waals surface area contributed by atoms with Crippen LogP contribution >= 0.6 is 0 Å². The molecule has 0 aliphatic rings. The van der Waals surface area contributed by atoms with Crippen LogP contribution in [0.1, 0.15) is 27.5 Å². The topological polar surface area (TPSA) is 94.0 Å². The summed E-state index contributed by atoms with van der Waals surface area (Å²) in [5.74, 6) is 0.0283. The monoisotopic (exact) mass is 382 g/mol. The number of ether oxygens (including phenoxy) is 2. The number of benzene rings is 1. The molecule has 0 aliphatic carbocycles. The molecule has 2 N–H and O–H groups in total. The number of aromatic nitrogens is 2. The summed E-state index contributed by atoms with van der Waals surface area (Å²) in [5.41, 5.74) is 1.29. The fourth-order valence-corrected chi connectivity index (χ4v) is 2.75. The van der Waals surface area contributed by atoms with E-state index < -0.39 is 5.91 Å². The van der Waals surface area contributed by atoms with Gasteiger partial charge in [0.2, 0.25) is 5.82 Å². The predicted octanol–water partition coefficient (Wildman–Crippen LogP) is 2.36. The van der Waals surface area contributed by atoms with Gasteiger partial charge in [0, 0.05) is 38.2 Å². The van der Waals surface area contributed by atoms with Gasteiger partial charge >= 0.3 is 0 Å². The number of pyridine rings is 1. The number of methoxy groups -OCH3 is 2. The number of hydrogen-bond donors (Lipinski definition) is 2. The van der Waals surface area contributed by atoms with Gasteiger partial charge < -0.3 is 20.1 Å². The van der Waals surface area contributed by atoms with Crippen LogP contribution in [0.25, 0.3) is 5.52 Å². The van der Waals surface area contributed by atoms with Crippen molar-refractivity contribution in [3.8, 4) is 5.75 Å². The van der Waals surface area contributed by atoms with E-state index >= 15 is 0 Å². The molecule has 0 saturated carbocycles. The van der Waals surface area contributed by atoms with Crippen LogP contribution in [0.3, 0.4) is 0 Å². The summed E-state index contributed by atoms with van der Waals surface area (Å²) in [6.45, 7) is 1.01. The summed E-state index contributed by atoms with van der Waals surface area (Å²) in [6.07, 6.45) is 2.39. The number of amides is 2. The zero-order valence-electron chi connectivity index (χ0n) is 15.8. The maximum absolute atomic E-state index is 12.8. The Bertz CT molecular complexity index is 983. The van der Waals surface area contributed by atoms with Crippen LogP contribution in [-0.4, -0.2) is 48.6 Å². The number of fused-ring (bicyclic) bond motifs is 1. The first kappa shape index (κ1) is 19.4. The molecule has 2 amide bonds. The minimum atomic E-state index is -0.407. The molecule has 0 saturated heterocycles. The van der Waals surface area contributed by atoms with Crippen molar-refractivity contribution >= 4 is 23.0 Å². The number of imidazole rings is 1. The highest BCUT2D eigenvalue weighted by Crippen LogP contribution is 2.19. The van der Waals surface area contributed by atoms with Gasteiger partial charge in [-0.3, -0.25) is 14.0 Å². The first-order valence-corrected chi connectivity index (χ1v) is 8.83. The van der Waals surface area contributed by atoms with Crippen molar-refractivity contribution in [2.24, 2.45) is 0 Å². The number of hydrogen-bond acceptors (Lipinski definition) is 5. The molecule has 0 bridgehead atoms. The SMILES string of the molecule is COCCCNC(=O)c1nc(C(=O)Nc2cccc(OC)c2)c2ccccn12. The number of carbonyl (C=O) groups is 2. The second kappa shape index (κ2) is 9.01. The van der Waals surface area contributed by atoms with E-state index in [-0.39, 0.29) is 17.4 Å². The van der Waals surface area contributed by atoms with Crippen LogP contribution in [-0.2, 0) is 4.74 Å². The molecule has 28 heavy (non-hydrogen) atoms. The van der Waals surface area contributed by atoms with E-state index in [1.807, 2.05) is 0 Å². The van der Waals surface area contributed by atoms with Gasteiger partial charge in [0.05, 0.1) is 12.6 Å². The Labute approximate surface area is 162 Å². The highest BCUT2D eigenvalue weighted by molar-refractivity contribution is 6.09. The van der Waals surface area contributed by atoms with Crippen molar-refractivity contribution in [1.82, 2.24) is 14.7 Å². The maximum atomic E-state index is 12.8. The number of carbonyl (C=O) groups excluding carboxylic acids is 2. The third-order valence-electron chi connectivity index (χ3n) is 4.10. The van der Waals surface area contributed by atoms with Crippen LogP contribution in [0.4, 0.5) is 5.69 Å². The van der Waals surface area contributed by atoms with Gasteiger partial charge in [-0.2, -0.15) is 0 Å². The summed E-state index contributed by atoms with van der Waals surface area (Å²) in [6, 6.07) is 12.3. The molecule has 146 valence electrons. The van der Waals surface area contributed by atoms with Crippen LogP contribution in [0, 0.1) is 0 Å². The molecule has 0 unspecified atom stereocenters. The Kier molecular flexibility index (Phi) is 6.23. The Morgan fingerprint density at radius 3 is 2.75 bits per heavy atom. The summed E-state index contributed by atoms with van der Waals surface area (Å²) in [7, 11) is 3.17. The summed E-state index contributed by atoms with van der Waals surface area (Å²) in [4.78, 5) is 29.6. The average molecular weight is 382 g/mol. The van der Waals surface area contributed by atoms with E-state index in [1.54, 1.807) is 67.3 Å². The lowest BCUT2D eigenvalue weighted by Gasteiger charge is -2.05. The Morgan fingerprint density at radius 2 is 1.96 bits per heavy atom. The van der Waals surface area contributed by atoms with Gasteiger partial charge in [0.1, 0.15) is 5.75 Å². The molecular formula is C20H22N4O4. The lowest BCUT2D eigenvalue weighted by molar-refractivity contribution is 0.0937. The molecule has 0 fully saturated rings. The second-order valence-electron chi connectivity index (χ2n) is 6.03. The predicted molar refractivity (Wildman–Crippen MR) is 105 cm³/mol. The van der Waals surface area contributed by atoms with Gasteiger partial charge in [-0.1, -0.05) is 12.1 Å². The van der Waals surface area contributed by atoms with Gasteiger partial charge in [-0.25, -0.2) is 4.98 Å². The summed E-state index contributed by atoms with van der Waals surface area (Å²) in [5, 5.41) is 5.59. The molecule has 2 aromatic heterocycles. The van der Waals surface area contributed by atoms with Crippen LogP contribution in [0.2, 0.25) is 0 Å². The van der Waals surface area contributed by atoms with Crippen LogP contribution < -0.4 is 15.4 Å². The van der Waals surface area contributed by atoms with Gasteiger partial charge in [-0.05, 0) is 30.7 Å². The zero-order valence-corrected chi connectivity index (χ0v) is 15.8. The quantitative estimate of drug-likeness (QED) is 0.584. The molecule has 0 radical (unpaired) electrons. The van der Waals surface area contributed by atoms with E-state index in [0.717, 1.165) is 0 Å². The molecule has 8 heteroatoms. The lowest BCUT2D eigenvalue weighted by atomic mass is 10.2. The van der Waals surface area contributed by atoms with Crippen molar-refractivity contribution in [3.05, 3.63) is 60.2 Å². The number of rotatable bonds is 8. The van der Waals surface area contributed by atoms with Crippen molar-refractivity contribution in [2.75, 3.05) is 32.7 Å². The van der Waals surface area contributed by atoms with Crippen molar-refractivity contribution in [1.29, 1.82) is 0 Å². The van der Waals surface area contributed by atoms with Crippen LogP contribution in [0.5, 0.6) is 5.75 Å². The van der Waals surface area contributed by atoms with Crippen molar-refractivity contribution in [3.63, 3.8) is 0 Å². The van der Waals surface area contributed by atoms with E-state index in [0.29, 0.717) is 36.5 Å². The molecule has 0 atom stereocenters. The van der Waals surface area contributed by atoms with Gasteiger partial charge in [-0.15, -0.1) is 0 Å². The Hall–Kier alpha value is -3.39. The number of anilines is 1. The van der Waals surface area contributed by atoms with E-state index in [4.69, 9.17) is 9.47 Å². The Balaban J connectivity index is 1.84. The molecular weight excluding hydrogens is 360 g/mol. The minimum Gasteiger partial charge on any atom is -0.497 e. The second-order valence-corrected chi connectivity index (χ2v) is 6.03. The average Bonchev–Trinajstić information content (AvgIpc) is 3.11. The summed E-state index contributed by atoms with van der Waals surface area (Å²) < 4.78 is 11.7. The maximum Gasteiger partial charge on any atom is 0.287 e. The van der Waals surface area contributed by atoms with Gasteiger partial charge in [0.25, 0.3) is 11.8 Å². The highest BCUT2D eigenvalue weighted by Gasteiger charge is 2.21. The molecule has 2 heterocycles. The molecule has 1 aromatic carbocycles. The first-order valence-electron chi connectivity index (χ1n) is 8.83. The van der Waals surface area contributed by atoms with Crippen molar-refractivity contribution in [2.45, 2.75) is 6.42 Å². The molecule has 8 nitrogen and oxygen atoms in total. The largest absolute Gasteiger partial charge is 0.497 e. The number of nitrogens with one attached hydrogen (secondary N) is 2. The van der Waals surface area contributed by atoms with E-state index in [1.165, 1.54) is 0 Å². The van der Waals surface area contributed by atoms with Crippen LogP contribution in [0.15, 0.2) is 48.7 Å². The summed E-state index contributed by atoms with van der Waals surface area (Å²) >= 11 is 0. The molecule has 3 rings (SSSR count). The zero-order chi connectivity index (χ0) is 19.9. The standard InChI is InChI=1S/C20H22N4O4/c1-27-12-6-10-21-20(26)18-23-17(16-9-3-4-11-24(16)18)19(25)22-14-7-5-8-15(13-14)28-2/h3-5,7-9,11,13H,6,10,12H2,1-2H3,(H,21,26)(H,22,25). The smallest absolute Gasteiger partial charge is 0.287 e. The fraction of sp³-hybridized carbons (Fsp3) is 0.250. The van der Waals surface area contributed by atoms with E-state index in [9.17, 15) is 9.59 Å². The lowest BCUT2D eigenvalue weighted by Crippen LogP contribution is -2.27. The molecule has 3 aromatic rings. The third-order valence-corrected chi connectivity index (χ3v) is 4.10. The first-order chi connectivity index (χ1) is 13.6. The normalized spacial score (nSPS) is 10.6. The Morgan fingerprint density at radius 1 is 1.11 bits per heavy atom. The minimum absolute atomic E-state index is 0.156.